The lowest BCUT2D eigenvalue weighted by Gasteiger charge is -2.13. The Kier molecular flexibility index (Phi) is 5.64. The molecule has 2 aromatic heterocycles. The molecule has 3 rings (SSSR count). The molecule has 128 valence electrons. The highest BCUT2D eigenvalue weighted by atomic mass is 32.1. The number of amides is 1. The molecule has 2 N–H and O–H groups in total. The minimum atomic E-state index is -0.151. The predicted octanol–water partition coefficient (Wildman–Crippen LogP) is 3.87. The Morgan fingerprint density at radius 3 is 2.84 bits per heavy atom. The number of benzene rings is 1. The topological polar surface area (TPSA) is 63.2 Å². The number of methoxy groups -OCH3 is 1. The van der Waals surface area contributed by atoms with Gasteiger partial charge in [-0.3, -0.25) is 4.79 Å². The van der Waals surface area contributed by atoms with Crippen molar-refractivity contribution in [1.29, 1.82) is 0 Å². The molecule has 0 bridgehead atoms. The lowest BCUT2D eigenvalue weighted by molar-refractivity contribution is 0.0955. The fourth-order valence-electron chi connectivity index (χ4n) is 2.41. The largest absolute Gasteiger partial charge is 0.495 e. The number of para-hydroxylation sites is 2. The smallest absolute Gasteiger partial charge is 0.255 e. The molecule has 0 unspecified atom stereocenters. The fourth-order valence-corrected chi connectivity index (χ4v) is 3.12. The molecule has 0 aliphatic heterocycles. The monoisotopic (exact) mass is 353 g/mol. The number of pyridine rings is 1. The van der Waals surface area contributed by atoms with Gasteiger partial charge in [0.05, 0.1) is 18.4 Å². The average Bonchev–Trinajstić information content (AvgIpc) is 3.16. The molecule has 6 heteroatoms. The van der Waals surface area contributed by atoms with Gasteiger partial charge in [0.25, 0.3) is 5.91 Å². The zero-order valence-corrected chi connectivity index (χ0v) is 14.7. The van der Waals surface area contributed by atoms with Crippen molar-refractivity contribution in [3.05, 3.63) is 70.5 Å². The number of ether oxygens (including phenoxy) is 1. The van der Waals surface area contributed by atoms with Gasteiger partial charge in [0.15, 0.2) is 0 Å². The first-order valence-electron chi connectivity index (χ1n) is 7.93. The Labute approximate surface area is 150 Å². The Bertz CT molecular complexity index is 834. The van der Waals surface area contributed by atoms with Gasteiger partial charge in [0.1, 0.15) is 11.6 Å². The van der Waals surface area contributed by atoms with Gasteiger partial charge in [-0.1, -0.05) is 18.2 Å². The summed E-state index contributed by atoms with van der Waals surface area (Å²) in [6.45, 7) is 0.586. The van der Waals surface area contributed by atoms with Gasteiger partial charge in [-0.25, -0.2) is 4.98 Å². The summed E-state index contributed by atoms with van der Waals surface area (Å²) >= 11 is 1.69. The van der Waals surface area contributed by atoms with Crippen LogP contribution in [0.25, 0.3) is 0 Å². The number of nitrogens with zero attached hydrogens (tertiary/aromatic N) is 1. The van der Waals surface area contributed by atoms with Crippen LogP contribution >= 0.6 is 11.3 Å². The predicted molar refractivity (Wildman–Crippen MR) is 101 cm³/mol. The number of rotatable bonds is 7. The Balaban J connectivity index is 1.70. The zero-order valence-electron chi connectivity index (χ0n) is 13.9. The van der Waals surface area contributed by atoms with E-state index in [1.54, 1.807) is 36.8 Å². The van der Waals surface area contributed by atoms with E-state index in [0.717, 1.165) is 12.1 Å². The van der Waals surface area contributed by atoms with Crippen LogP contribution in [0.1, 0.15) is 15.2 Å². The van der Waals surface area contributed by atoms with Crippen molar-refractivity contribution >= 4 is 28.7 Å². The van der Waals surface area contributed by atoms with E-state index < -0.39 is 0 Å². The molecular weight excluding hydrogens is 334 g/mol. The van der Waals surface area contributed by atoms with Crippen LogP contribution in [0.2, 0.25) is 0 Å². The molecule has 3 aromatic rings. The van der Waals surface area contributed by atoms with E-state index in [1.807, 2.05) is 35.7 Å². The van der Waals surface area contributed by atoms with Crippen LogP contribution < -0.4 is 15.4 Å². The maximum absolute atomic E-state index is 12.5. The average molecular weight is 353 g/mol. The first kappa shape index (κ1) is 17.0. The third-order valence-electron chi connectivity index (χ3n) is 3.65. The molecule has 0 spiro atoms. The first-order chi connectivity index (χ1) is 12.3. The van der Waals surface area contributed by atoms with Gasteiger partial charge in [0.2, 0.25) is 0 Å². The minimum Gasteiger partial charge on any atom is -0.495 e. The number of anilines is 2. The van der Waals surface area contributed by atoms with Crippen molar-refractivity contribution in [3.8, 4) is 5.75 Å². The van der Waals surface area contributed by atoms with Crippen LogP contribution in [0.4, 0.5) is 11.5 Å². The van der Waals surface area contributed by atoms with Crippen LogP contribution in [0.15, 0.2) is 60.1 Å². The van der Waals surface area contributed by atoms with E-state index in [1.165, 1.54) is 4.88 Å². The second-order valence-electron chi connectivity index (χ2n) is 5.31. The van der Waals surface area contributed by atoms with Gasteiger partial charge in [-0.15, -0.1) is 11.3 Å². The molecule has 5 nitrogen and oxygen atoms in total. The standard InChI is InChI=1S/C19H19N3O2S/c1-24-17-9-3-2-8-16(17)22-18-15(7-4-11-20-18)19(23)21-12-10-14-6-5-13-25-14/h2-9,11,13H,10,12H2,1H3,(H,20,22)(H,21,23). The van der Waals surface area contributed by atoms with Crippen molar-refractivity contribution < 1.29 is 9.53 Å². The number of thiophene rings is 1. The molecule has 0 radical (unpaired) electrons. The third kappa shape index (κ3) is 4.36. The number of carbonyl (C=O) groups excluding carboxylic acids is 1. The van der Waals surface area contributed by atoms with Crippen LogP contribution in [0.3, 0.4) is 0 Å². The molecule has 0 saturated carbocycles. The van der Waals surface area contributed by atoms with Crippen molar-refractivity contribution in [2.45, 2.75) is 6.42 Å². The zero-order chi connectivity index (χ0) is 17.5. The van der Waals surface area contributed by atoms with E-state index in [0.29, 0.717) is 23.7 Å². The summed E-state index contributed by atoms with van der Waals surface area (Å²) in [5.74, 6) is 1.04. The van der Waals surface area contributed by atoms with Crippen molar-refractivity contribution in [2.75, 3.05) is 19.0 Å². The fraction of sp³-hybridized carbons (Fsp3) is 0.158. The number of hydrogen-bond donors (Lipinski definition) is 2. The third-order valence-corrected chi connectivity index (χ3v) is 4.59. The summed E-state index contributed by atoms with van der Waals surface area (Å²) < 4.78 is 5.33. The second-order valence-corrected chi connectivity index (χ2v) is 6.34. The highest BCUT2D eigenvalue weighted by Crippen LogP contribution is 2.27. The van der Waals surface area contributed by atoms with Gasteiger partial charge >= 0.3 is 0 Å². The summed E-state index contributed by atoms with van der Waals surface area (Å²) in [6.07, 6.45) is 2.47. The van der Waals surface area contributed by atoms with E-state index >= 15 is 0 Å². The maximum Gasteiger partial charge on any atom is 0.255 e. The molecule has 0 atom stereocenters. The highest BCUT2D eigenvalue weighted by molar-refractivity contribution is 7.09. The number of carbonyl (C=O) groups is 1. The summed E-state index contributed by atoms with van der Waals surface area (Å²) in [5.41, 5.74) is 1.26. The van der Waals surface area contributed by atoms with Crippen molar-refractivity contribution in [3.63, 3.8) is 0 Å². The maximum atomic E-state index is 12.5. The molecular formula is C19H19N3O2S. The SMILES string of the molecule is COc1ccccc1Nc1ncccc1C(=O)NCCc1cccs1. The van der Waals surface area contributed by atoms with E-state index in [4.69, 9.17) is 4.74 Å². The number of hydrogen-bond acceptors (Lipinski definition) is 5. The number of aromatic nitrogens is 1. The molecule has 0 saturated heterocycles. The summed E-state index contributed by atoms with van der Waals surface area (Å²) in [6, 6.07) is 15.1. The summed E-state index contributed by atoms with van der Waals surface area (Å²) in [7, 11) is 1.61. The summed E-state index contributed by atoms with van der Waals surface area (Å²) in [5, 5.41) is 8.17. The minimum absolute atomic E-state index is 0.151. The van der Waals surface area contributed by atoms with Gasteiger partial charge in [-0.05, 0) is 42.1 Å². The van der Waals surface area contributed by atoms with Crippen LogP contribution in [-0.2, 0) is 6.42 Å². The molecule has 2 heterocycles. The lowest BCUT2D eigenvalue weighted by atomic mass is 10.2. The van der Waals surface area contributed by atoms with Gasteiger partial charge in [-0.2, -0.15) is 0 Å². The molecule has 0 aliphatic rings. The Hall–Kier alpha value is -2.86. The van der Waals surface area contributed by atoms with E-state index in [9.17, 15) is 4.79 Å². The quantitative estimate of drug-likeness (QED) is 0.677. The van der Waals surface area contributed by atoms with Gasteiger partial charge < -0.3 is 15.4 Å². The van der Waals surface area contributed by atoms with E-state index in [2.05, 4.69) is 21.7 Å². The molecule has 25 heavy (non-hydrogen) atoms. The molecule has 0 fully saturated rings. The second kappa shape index (κ2) is 8.30. The normalized spacial score (nSPS) is 10.3. The number of nitrogens with one attached hydrogen (secondary N) is 2. The highest BCUT2D eigenvalue weighted by Gasteiger charge is 2.13. The molecule has 1 amide bonds. The molecule has 1 aromatic carbocycles. The summed E-state index contributed by atoms with van der Waals surface area (Å²) in [4.78, 5) is 18.1. The first-order valence-corrected chi connectivity index (χ1v) is 8.81. The van der Waals surface area contributed by atoms with Crippen molar-refractivity contribution in [2.24, 2.45) is 0 Å². The van der Waals surface area contributed by atoms with Crippen LogP contribution in [0.5, 0.6) is 5.75 Å². The molecule has 0 aliphatic carbocycles. The lowest BCUT2D eigenvalue weighted by Crippen LogP contribution is -2.26. The van der Waals surface area contributed by atoms with E-state index in [-0.39, 0.29) is 5.91 Å². The Morgan fingerprint density at radius 1 is 1.16 bits per heavy atom. The van der Waals surface area contributed by atoms with Gasteiger partial charge in [0, 0.05) is 17.6 Å². The van der Waals surface area contributed by atoms with Crippen molar-refractivity contribution in [1.82, 2.24) is 10.3 Å². The van der Waals surface area contributed by atoms with Crippen LogP contribution in [0, 0.1) is 0 Å². The Morgan fingerprint density at radius 2 is 2.04 bits per heavy atom. The van der Waals surface area contributed by atoms with Crippen LogP contribution in [-0.4, -0.2) is 24.5 Å².